The summed E-state index contributed by atoms with van der Waals surface area (Å²) in [5.41, 5.74) is -3.14. The minimum absolute atomic E-state index is 0.0378. The van der Waals surface area contributed by atoms with Crippen molar-refractivity contribution in [3.05, 3.63) is 64.1 Å². The minimum Gasteiger partial charge on any atom is -0.497 e. The fraction of sp³-hybridized carbons (Fsp3) is 0.222. The normalized spacial score (nSPS) is 19.8. The zero-order valence-corrected chi connectivity index (χ0v) is 15.6. The number of hydrogen-bond donors (Lipinski definition) is 1. The van der Waals surface area contributed by atoms with E-state index in [1.165, 1.54) is 31.4 Å². The highest BCUT2D eigenvalue weighted by atomic mass is 79.9. The van der Waals surface area contributed by atoms with E-state index in [4.69, 9.17) is 4.74 Å². The third-order valence-corrected chi connectivity index (χ3v) is 4.67. The number of rotatable bonds is 3. The van der Waals surface area contributed by atoms with E-state index in [1.54, 1.807) is 24.3 Å². The number of hydrazone groups is 1. The molecule has 0 aromatic heterocycles. The maximum absolute atomic E-state index is 13.6. The number of carbonyl (C=O) groups is 1. The van der Waals surface area contributed by atoms with E-state index in [-0.39, 0.29) is 16.3 Å². The van der Waals surface area contributed by atoms with E-state index in [9.17, 15) is 23.1 Å². The molecule has 0 bridgehead atoms. The third kappa shape index (κ3) is 3.57. The van der Waals surface area contributed by atoms with Crippen LogP contribution in [-0.4, -0.2) is 40.7 Å². The van der Waals surface area contributed by atoms with Crippen molar-refractivity contribution < 1.29 is 27.8 Å². The van der Waals surface area contributed by atoms with E-state index < -0.39 is 24.2 Å². The number of ether oxygens (including phenoxy) is 1. The standard InChI is InChI=1S/C18H14BrF3N2O3/c1-27-14-8-4-12(5-9-14)16(25)24-17(26,18(20,21)22)10-15(23-24)11-2-6-13(19)7-3-11/h2-9,26H,10H2,1H3. The van der Waals surface area contributed by atoms with Gasteiger partial charge in [-0.25, -0.2) is 0 Å². The Morgan fingerprint density at radius 3 is 2.30 bits per heavy atom. The van der Waals surface area contributed by atoms with Gasteiger partial charge < -0.3 is 9.84 Å². The average Bonchev–Trinajstić information content (AvgIpc) is 3.00. The van der Waals surface area contributed by atoms with Gasteiger partial charge in [0.15, 0.2) is 0 Å². The van der Waals surface area contributed by atoms with Gasteiger partial charge in [-0.15, -0.1) is 0 Å². The number of carbonyl (C=O) groups excluding carboxylic acids is 1. The van der Waals surface area contributed by atoms with E-state index in [0.29, 0.717) is 11.3 Å². The molecule has 0 fully saturated rings. The molecule has 2 aromatic rings. The van der Waals surface area contributed by atoms with E-state index in [1.807, 2.05) is 0 Å². The molecule has 0 aliphatic carbocycles. The van der Waals surface area contributed by atoms with Gasteiger partial charge in [-0.3, -0.25) is 4.79 Å². The van der Waals surface area contributed by atoms with Gasteiger partial charge in [0.25, 0.3) is 11.6 Å². The summed E-state index contributed by atoms with van der Waals surface area (Å²) in [5, 5.41) is 14.3. The molecule has 1 N–H and O–H groups in total. The van der Waals surface area contributed by atoms with Gasteiger partial charge in [0.1, 0.15) is 5.75 Å². The van der Waals surface area contributed by atoms with Gasteiger partial charge in [-0.1, -0.05) is 28.1 Å². The molecule has 142 valence electrons. The molecule has 1 unspecified atom stereocenters. The van der Waals surface area contributed by atoms with Crippen molar-refractivity contribution in [3.63, 3.8) is 0 Å². The quantitative estimate of drug-likeness (QED) is 0.782. The number of aliphatic hydroxyl groups is 1. The van der Waals surface area contributed by atoms with Crippen LogP contribution >= 0.6 is 15.9 Å². The first-order chi connectivity index (χ1) is 12.7. The molecule has 0 saturated heterocycles. The molecule has 2 aromatic carbocycles. The zero-order valence-electron chi connectivity index (χ0n) is 14.0. The van der Waals surface area contributed by atoms with Crippen LogP contribution in [0.5, 0.6) is 5.75 Å². The molecule has 1 amide bonds. The van der Waals surface area contributed by atoms with Crippen LogP contribution in [-0.2, 0) is 0 Å². The fourth-order valence-electron chi connectivity index (χ4n) is 2.64. The third-order valence-electron chi connectivity index (χ3n) is 4.15. The van der Waals surface area contributed by atoms with Crippen LogP contribution in [0.3, 0.4) is 0 Å². The predicted octanol–water partition coefficient (Wildman–Crippen LogP) is 3.96. The summed E-state index contributed by atoms with van der Waals surface area (Å²) in [4.78, 5) is 12.7. The van der Waals surface area contributed by atoms with Gasteiger partial charge in [0.2, 0.25) is 0 Å². The van der Waals surface area contributed by atoms with Crippen LogP contribution in [0.1, 0.15) is 22.3 Å². The Balaban J connectivity index is 2.01. The zero-order chi connectivity index (χ0) is 19.8. The summed E-state index contributed by atoms with van der Waals surface area (Å²) in [5.74, 6) is -0.623. The van der Waals surface area contributed by atoms with Crippen molar-refractivity contribution in [1.29, 1.82) is 0 Å². The number of methoxy groups -OCH3 is 1. The number of alkyl halides is 3. The smallest absolute Gasteiger partial charge is 0.438 e. The lowest BCUT2D eigenvalue weighted by atomic mass is 10.0. The Hall–Kier alpha value is -2.39. The maximum atomic E-state index is 13.6. The van der Waals surface area contributed by atoms with Gasteiger partial charge in [-0.05, 0) is 42.0 Å². The molecule has 27 heavy (non-hydrogen) atoms. The number of halogens is 4. The number of benzene rings is 2. The lowest BCUT2D eigenvalue weighted by Gasteiger charge is -2.32. The van der Waals surface area contributed by atoms with Crippen LogP contribution in [0.15, 0.2) is 58.1 Å². The van der Waals surface area contributed by atoms with Crippen LogP contribution in [0.2, 0.25) is 0 Å². The largest absolute Gasteiger partial charge is 0.497 e. The van der Waals surface area contributed by atoms with Crippen molar-refractivity contribution in [3.8, 4) is 5.75 Å². The van der Waals surface area contributed by atoms with E-state index in [0.717, 1.165) is 4.47 Å². The fourth-order valence-corrected chi connectivity index (χ4v) is 2.90. The number of amides is 1. The first kappa shape index (κ1) is 19.4. The van der Waals surface area contributed by atoms with Crippen LogP contribution in [0, 0.1) is 0 Å². The highest BCUT2D eigenvalue weighted by Gasteiger charge is 2.63. The van der Waals surface area contributed by atoms with Crippen molar-refractivity contribution in [2.45, 2.75) is 18.3 Å². The predicted molar refractivity (Wildman–Crippen MR) is 95.5 cm³/mol. The van der Waals surface area contributed by atoms with Gasteiger partial charge in [0.05, 0.1) is 19.2 Å². The van der Waals surface area contributed by atoms with E-state index >= 15 is 0 Å². The summed E-state index contributed by atoms with van der Waals surface area (Å²) >= 11 is 3.24. The first-order valence-electron chi connectivity index (χ1n) is 7.77. The lowest BCUT2D eigenvalue weighted by Crippen LogP contribution is -2.56. The molecule has 5 nitrogen and oxygen atoms in total. The van der Waals surface area contributed by atoms with Crippen molar-refractivity contribution in [2.75, 3.05) is 7.11 Å². The molecule has 1 aliphatic rings. The van der Waals surface area contributed by atoms with Crippen LogP contribution < -0.4 is 4.74 Å². The summed E-state index contributed by atoms with van der Waals surface area (Å²) in [6, 6.07) is 11.9. The minimum atomic E-state index is -5.09. The summed E-state index contributed by atoms with van der Waals surface area (Å²) < 4.78 is 46.5. The Kier molecular flexibility index (Phi) is 5.00. The lowest BCUT2D eigenvalue weighted by molar-refractivity contribution is -0.297. The molecule has 1 heterocycles. The van der Waals surface area contributed by atoms with Gasteiger partial charge in [0, 0.05) is 10.0 Å². The molecular weight excluding hydrogens is 429 g/mol. The summed E-state index contributed by atoms with van der Waals surface area (Å²) in [7, 11) is 1.43. The van der Waals surface area contributed by atoms with Crippen molar-refractivity contribution in [1.82, 2.24) is 5.01 Å². The first-order valence-corrected chi connectivity index (χ1v) is 8.56. The molecule has 9 heteroatoms. The number of nitrogens with zero attached hydrogens (tertiary/aromatic N) is 2. The molecule has 0 saturated carbocycles. The van der Waals surface area contributed by atoms with Gasteiger partial charge in [-0.2, -0.15) is 23.3 Å². The van der Waals surface area contributed by atoms with Gasteiger partial charge >= 0.3 is 6.18 Å². The molecule has 3 rings (SSSR count). The molecule has 0 radical (unpaired) electrons. The summed E-state index contributed by atoms with van der Waals surface area (Å²) in [6.45, 7) is 0. The molecule has 0 spiro atoms. The second-order valence-corrected chi connectivity index (χ2v) is 6.81. The SMILES string of the molecule is COc1ccc(C(=O)N2N=C(c3ccc(Br)cc3)CC2(O)C(F)(F)F)cc1. The maximum Gasteiger partial charge on any atom is 0.438 e. The monoisotopic (exact) mass is 442 g/mol. The Morgan fingerprint density at radius 1 is 1.19 bits per heavy atom. The highest BCUT2D eigenvalue weighted by molar-refractivity contribution is 9.10. The topological polar surface area (TPSA) is 62.1 Å². The van der Waals surface area contributed by atoms with Crippen molar-refractivity contribution in [2.24, 2.45) is 5.10 Å². The second-order valence-electron chi connectivity index (χ2n) is 5.89. The Bertz CT molecular complexity index is 882. The highest BCUT2D eigenvalue weighted by Crippen LogP contribution is 2.42. The molecule has 1 atom stereocenters. The van der Waals surface area contributed by atoms with E-state index in [2.05, 4.69) is 21.0 Å². The van der Waals surface area contributed by atoms with Crippen LogP contribution in [0.4, 0.5) is 13.2 Å². The molecular formula is C18H14BrF3N2O3. The summed E-state index contributed by atoms with van der Waals surface area (Å²) in [6.07, 6.45) is -5.95. The average molecular weight is 443 g/mol. The second kappa shape index (κ2) is 6.97. The van der Waals surface area contributed by atoms with Crippen LogP contribution in [0.25, 0.3) is 0 Å². The Labute approximate surface area is 161 Å². The Morgan fingerprint density at radius 2 is 1.78 bits per heavy atom. The molecule has 1 aliphatic heterocycles. The van der Waals surface area contributed by atoms with Crippen molar-refractivity contribution >= 4 is 27.5 Å². The number of hydrogen-bond acceptors (Lipinski definition) is 4.